The zero-order chi connectivity index (χ0) is 21.2. The number of hydrogen-bond donors (Lipinski definition) is 2. The topological polar surface area (TPSA) is 40.5 Å². The lowest BCUT2D eigenvalue weighted by Crippen LogP contribution is -2.36. The Morgan fingerprint density at radius 2 is 1.97 bits per heavy atom. The van der Waals surface area contributed by atoms with Crippen LogP contribution in [0.2, 0.25) is 0 Å². The van der Waals surface area contributed by atoms with Crippen LogP contribution in [0.5, 0.6) is 0 Å². The normalized spacial score (nSPS) is 37.2. The van der Waals surface area contributed by atoms with Crippen LogP contribution in [-0.2, 0) is 0 Å². The number of aliphatic hydroxyl groups is 2. The Labute approximate surface area is 179 Å². The SMILES string of the molecule is C=C1CC[C@H](O)C/C1=C/C=C1\CCC[C@@]2(C)[C@@H]1CC[C@@H]2C(C)CCCC(C)(C)O. The molecular formula is C27H44O2. The molecule has 0 heterocycles. The second-order valence-electron chi connectivity index (χ2n) is 11.2. The van der Waals surface area contributed by atoms with Gasteiger partial charge in [-0.3, -0.25) is 0 Å². The van der Waals surface area contributed by atoms with Crippen LogP contribution in [0.15, 0.2) is 35.5 Å². The minimum Gasteiger partial charge on any atom is -0.393 e. The highest BCUT2D eigenvalue weighted by molar-refractivity contribution is 5.36. The molecule has 3 aliphatic rings. The van der Waals surface area contributed by atoms with Gasteiger partial charge in [-0.1, -0.05) is 56.6 Å². The first-order chi connectivity index (χ1) is 13.6. The number of fused-ring (bicyclic) bond motifs is 1. The van der Waals surface area contributed by atoms with Crippen molar-refractivity contribution in [2.24, 2.45) is 23.2 Å². The van der Waals surface area contributed by atoms with Crippen LogP contribution in [0, 0.1) is 23.2 Å². The fraction of sp³-hybridized carbons (Fsp3) is 0.778. The predicted molar refractivity (Wildman–Crippen MR) is 123 cm³/mol. The van der Waals surface area contributed by atoms with Crippen LogP contribution in [0.3, 0.4) is 0 Å². The van der Waals surface area contributed by atoms with Gasteiger partial charge in [0.1, 0.15) is 0 Å². The van der Waals surface area contributed by atoms with Crippen LogP contribution in [0.1, 0.15) is 98.3 Å². The minimum absolute atomic E-state index is 0.192. The maximum absolute atomic E-state index is 10.0. The largest absolute Gasteiger partial charge is 0.393 e. The van der Waals surface area contributed by atoms with Crippen LogP contribution in [-0.4, -0.2) is 21.9 Å². The maximum Gasteiger partial charge on any atom is 0.0591 e. The first-order valence-corrected chi connectivity index (χ1v) is 12.1. The van der Waals surface area contributed by atoms with Gasteiger partial charge >= 0.3 is 0 Å². The molecular weight excluding hydrogens is 356 g/mol. The second-order valence-corrected chi connectivity index (χ2v) is 11.2. The van der Waals surface area contributed by atoms with Gasteiger partial charge in [0, 0.05) is 0 Å². The molecule has 2 heteroatoms. The standard InChI is InChI=1S/C27H44O2/c1-19-10-13-23(28)18-22(19)12-11-21-9-7-17-27(5)24(14-15-25(21)27)20(2)8-6-16-26(3,4)29/h11-12,20,23-25,28-29H,1,6-10,13-18H2,2-5H3/b21-11+,22-12-/t20?,23-,24+,25+,27+/m0/s1. The molecule has 3 aliphatic carbocycles. The van der Waals surface area contributed by atoms with Crippen LogP contribution < -0.4 is 0 Å². The molecule has 0 aromatic rings. The Balaban J connectivity index is 1.68. The second kappa shape index (κ2) is 9.10. The van der Waals surface area contributed by atoms with E-state index in [4.69, 9.17) is 0 Å². The number of aliphatic hydroxyl groups excluding tert-OH is 1. The van der Waals surface area contributed by atoms with Crippen molar-refractivity contribution in [2.75, 3.05) is 0 Å². The van der Waals surface area contributed by atoms with E-state index in [1.54, 1.807) is 5.57 Å². The average molecular weight is 401 g/mol. The van der Waals surface area contributed by atoms with Gasteiger partial charge in [-0.15, -0.1) is 0 Å². The van der Waals surface area contributed by atoms with Crippen molar-refractivity contribution in [3.8, 4) is 0 Å². The number of rotatable bonds is 6. The van der Waals surface area contributed by atoms with Crippen molar-refractivity contribution >= 4 is 0 Å². The quantitative estimate of drug-likeness (QED) is 0.518. The summed E-state index contributed by atoms with van der Waals surface area (Å²) in [5.74, 6) is 2.26. The van der Waals surface area contributed by atoms with E-state index in [9.17, 15) is 10.2 Å². The van der Waals surface area contributed by atoms with Gasteiger partial charge in [0.05, 0.1) is 11.7 Å². The lowest BCUT2D eigenvalue weighted by molar-refractivity contribution is 0.0596. The van der Waals surface area contributed by atoms with Crippen molar-refractivity contribution in [2.45, 2.75) is 110 Å². The van der Waals surface area contributed by atoms with Gasteiger partial charge in [-0.25, -0.2) is 0 Å². The van der Waals surface area contributed by atoms with E-state index >= 15 is 0 Å². The maximum atomic E-state index is 10.0. The van der Waals surface area contributed by atoms with Gasteiger partial charge < -0.3 is 10.2 Å². The van der Waals surface area contributed by atoms with E-state index in [0.29, 0.717) is 5.41 Å². The Morgan fingerprint density at radius 3 is 2.69 bits per heavy atom. The molecule has 3 rings (SSSR count). The molecule has 164 valence electrons. The molecule has 0 amide bonds. The molecule has 5 atom stereocenters. The minimum atomic E-state index is -0.535. The fourth-order valence-electron chi connectivity index (χ4n) is 6.67. The Bertz CT molecular complexity index is 650. The number of hydrogen-bond acceptors (Lipinski definition) is 2. The number of allylic oxidation sites excluding steroid dienone is 4. The molecule has 0 aromatic carbocycles. The molecule has 2 nitrogen and oxygen atoms in total. The first kappa shape index (κ1) is 22.8. The summed E-state index contributed by atoms with van der Waals surface area (Å²) in [5, 5.41) is 20.1. The lowest BCUT2D eigenvalue weighted by Gasteiger charge is -2.44. The fourth-order valence-corrected chi connectivity index (χ4v) is 6.67. The summed E-state index contributed by atoms with van der Waals surface area (Å²) in [4.78, 5) is 0. The Morgan fingerprint density at radius 1 is 1.21 bits per heavy atom. The van der Waals surface area contributed by atoms with Crippen molar-refractivity contribution < 1.29 is 10.2 Å². The van der Waals surface area contributed by atoms with Crippen molar-refractivity contribution in [1.82, 2.24) is 0 Å². The van der Waals surface area contributed by atoms with Gasteiger partial charge in [0.25, 0.3) is 0 Å². The van der Waals surface area contributed by atoms with Gasteiger partial charge in [0.15, 0.2) is 0 Å². The van der Waals surface area contributed by atoms with Gasteiger partial charge in [0.2, 0.25) is 0 Å². The zero-order valence-electron chi connectivity index (χ0n) is 19.3. The third-order valence-electron chi connectivity index (χ3n) is 8.36. The van der Waals surface area contributed by atoms with E-state index in [1.165, 1.54) is 49.7 Å². The Kier molecular flexibility index (Phi) is 7.16. The molecule has 0 bridgehead atoms. The van der Waals surface area contributed by atoms with Crippen LogP contribution in [0.4, 0.5) is 0 Å². The zero-order valence-corrected chi connectivity index (χ0v) is 19.3. The van der Waals surface area contributed by atoms with E-state index in [2.05, 4.69) is 32.6 Å². The van der Waals surface area contributed by atoms with Gasteiger partial charge in [-0.2, -0.15) is 0 Å². The Hall–Kier alpha value is -0.860. The first-order valence-electron chi connectivity index (χ1n) is 12.1. The van der Waals surface area contributed by atoms with Crippen LogP contribution in [0.25, 0.3) is 0 Å². The van der Waals surface area contributed by atoms with Crippen molar-refractivity contribution in [1.29, 1.82) is 0 Å². The van der Waals surface area contributed by atoms with Crippen LogP contribution >= 0.6 is 0 Å². The summed E-state index contributed by atoms with van der Waals surface area (Å²) in [7, 11) is 0. The third-order valence-corrected chi connectivity index (χ3v) is 8.36. The lowest BCUT2D eigenvalue weighted by atomic mass is 9.60. The monoisotopic (exact) mass is 400 g/mol. The summed E-state index contributed by atoms with van der Waals surface area (Å²) in [6, 6.07) is 0. The predicted octanol–water partition coefficient (Wildman–Crippen LogP) is 6.73. The van der Waals surface area contributed by atoms with Gasteiger partial charge in [-0.05, 0) is 100 Å². The van der Waals surface area contributed by atoms with Crippen molar-refractivity contribution in [3.63, 3.8) is 0 Å². The average Bonchev–Trinajstić information content (AvgIpc) is 2.99. The summed E-state index contributed by atoms with van der Waals surface area (Å²) < 4.78 is 0. The molecule has 0 radical (unpaired) electrons. The molecule has 0 spiro atoms. The summed E-state index contributed by atoms with van der Waals surface area (Å²) in [6.07, 6.45) is 16.9. The molecule has 2 N–H and O–H groups in total. The summed E-state index contributed by atoms with van der Waals surface area (Å²) in [6.45, 7) is 13.1. The van der Waals surface area contributed by atoms with Crippen molar-refractivity contribution in [3.05, 3.63) is 35.5 Å². The van der Waals surface area contributed by atoms with E-state index < -0.39 is 5.60 Å². The third kappa shape index (κ3) is 5.44. The molecule has 3 fully saturated rings. The summed E-state index contributed by atoms with van der Waals surface area (Å²) in [5.41, 5.74) is 4.02. The molecule has 0 aliphatic heterocycles. The smallest absolute Gasteiger partial charge is 0.0591 e. The van der Waals surface area contributed by atoms with E-state index in [1.807, 2.05) is 13.8 Å². The molecule has 29 heavy (non-hydrogen) atoms. The van der Waals surface area contributed by atoms with E-state index in [-0.39, 0.29) is 6.10 Å². The molecule has 3 saturated carbocycles. The highest BCUT2D eigenvalue weighted by atomic mass is 16.3. The van der Waals surface area contributed by atoms with E-state index in [0.717, 1.165) is 49.9 Å². The highest BCUT2D eigenvalue weighted by Crippen LogP contribution is 2.60. The molecule has 1 unspecified atom stereocenters. The molecule has 0 saturated heterocycles. The highest BCUT2D eigenvalue weighted by Gasteiger charge is 2.50. The summed E-state index contributed by atoms with van der Waals surface area (Å²) >= 11 is 0. The molecule has 0 aromatic heterocycles.